The van der Waals surface area contributed by atoms with E-state index in [2.05, 4.69) is 10.3 Å². The number of aryl methyl sites for hydroxylation is 1. The number of hydrogen-bond acceptors (Lipinski definition) is 5. The molecule has 6 nitrogen and oxygen atoms in total. The molecule has 140 valence electrons. The van der Waals surface area contributed by atoms with E-state index in [1.54, 1.807) is 32.9 Å². The Morgan fingerprint density at radius 2 is 2.00 bits per heavy atom. The lowest BCUT2D eigenvalue weighted by Gasteiger charge is -2.16. The third kappa shape index (κ3) is 4.57. The fourth-order valence-electron chi connectivity index (χ4n) is 2.40. The Balaban J connectivity index is 2.24. The van der Waals surface area contributed by atoms with Crippen LogP contribution in [0.3, 0.4) is 0 Å². The van der Waals surface area contributed by atoms with Crippen molar-refractivity contribution in [2.24, 2.45) is 0 Å². The molecule has 1 unspecified atom stereocenters. The number of nitrogens with one attached hydrogen (secondary N) is 1. The molecule has 0 aliphatic rings. The van der Waals surface area contributed by atoms with E-state index in [1.165, 1.54) is 12.1 Å². The van der Waals surface area contributed by atoms with Crippen LogP contribution in [0.1, 0.15) is 41.5 Å². The van der Waals surface area contributed by atoms with Gasteiger partial charge in [-0.1, -0.05) is 6.07 Å². The van der Waals surface area contributed by atoms with Crippen molar-refractivity contribution in [3.05, 3.63) is 53.0 Å². The summed E-state index contributed by atoms with van der Waals surface area (Å²) in [5.41, 5.74) is 1.44. The summed E-state index contributed by atoms with van der Waals surface area (Å²) in [5, 5.41) is 2.74. The molecule has 0 saturated heterocycles. The van der Waals surface area contributed by atoms with Gasteiger partial charge >= 0.3 is 0 Å². The minimum Gasteiger partial charge on any atom is -0.477 e. The highest BCUT2D eigenvalue weighted by Crippen LogP contribution is 2.22. The molecule has 0 spiro atoms. The van der Waals surface area contributed by atoms with E-state index in [9.17, 15) is 17.6 Å². The zero-order valence-electron chi connectivity index (χ0n) is 15.0. The third-order valence-electron chi connectivity index (χ3n) is 3.73. The molecule has 1 N–H and O–H groups in total. The number of ether oxygens (including phenoxy) is 1. The fraction of sp³-hybridized carbons (Fsp3) is 0.333. The number of sulfone groups is 1. The van der Waals surface area contributed by atoms with Crippen LogP contribution in [0.4, 0.5) is 4.39 Å². The lowest BCUT2D eigenvalue weighted by atomic mass is 10.1. The van der Waals surface area contributed by atoms with Gasteiger partial charge in [0.25, 0.3) is 5.91 Å². The predicted molar refractivity (Wildman–Crippen MR) is 95.5 cm³/mol. The van der Waals surface area contributed by atoms with Gasteiger partial charge in [-0.3, -0.25) is 4.79 Å². The normalized spacial score (nSPS) is 12.5. The summed E-state index contributed by atoms with van der Waals surface area (Å²) in [6.07, 6.45) is 0.940. The predicted octanol–water partition coefficient (Wildman–Crippen LogP) is 2.82. The second kappa shape index (κ2) is 7.82. The first-order valence-corrected chi connectivity index (χ1v) is 9.93. The van der Waals surface area contributed by atoms with Gasteiger partial charge in [0.05, 0.1) is 12.6 Å². The van der Waals surface area contributed by atoms with Gasteiger partial charge in [0, 0.05) is 11.9 Å². The van der Waals surface area contributed by atoms with Crippen LogP contribution in [-0.4, -0.2) is 32.2 Å². The lowest BCUT2D eigenvalue weighted by Crippen LogP contribution is -2.27. The van der Waals surface area contributed by atoms with Crippen molar-refractivity contribution in [1.82, 2.24) is 10.3 Å². The monoisotopic (exact) mass is 380 g/mol. The molecule has 8 heteroatoms. The summed E-state index contributed by atoms with van der Waals surface area (Å²) in [7, 11) is -3.65. The number of halogens is 1. The summed E-state index contributed by atoms with van der Waals surface area (Å²) < 4.78 is 42.4. The average Bonchev–Trinajstić information content (AvgIpc) is 2.53. The van der Waals surface area contributed by atoms with E-state index in [-0.39, 0.29) is 16.3 Å². The second-order valence-electron chi connectivity index (χ2n) is 5.90. The van der Waals surface area contributed by atoms with Gasteiger partial charge in [-0.2, -0.15) is 0 Å². The highest BCUT2D eigenvalue weighted by Gasteiger charge is 2.19. The van der Waals surface area contributed by atoms with Crippen molar-refractivity contribution < 1.29 is 22.3 Å². The molecule has 1 aromatic carbocycles. The van der Waals surface area contributed by atoms with Gasteiger partial charge in [0.15, 0.2) is 9.84 Å². The lowest BCUT2D eigenvalue weighted by molar-refractivity contribution is 0.0935. The number of benzene rings is 1. The van der Waals surface area contributed by atoms with Gasteiger partial charge in [-0.25, -0.2) is 17.8 Å². The Morgan fingerprint density at radius 3 is 2.58 bits per heavy atom. The van der Waals surface area contributed by atoms with E-state index in [0.29, 0.717) is 12.2 Å². The number of amides is 1. The molecular weight excluding hydrogens is 359 g/mol. The molecule has 0 saturated carbocycles. The Labute approximate surface area is 152 Å². The fourth-order valence-corrected chi connectivity index (χ4v) is 3.13. The van der Waals surface area contributed by atoms with Gasteiger partial charge < -0.3 is 10.1 Å². The molecule has 2 rings (SSSR count). The number of nitrogens with zero attached hydrogens (tertiary/aromatic N) is 1. The zero-order valence-corrected chi connectivity index (χ0v) is 15.9. The molecule has 0 radical (unpaired) electrons. The van der Waals surface area contributed by atoms with Crippen molar-refractivity contribution >= 4 is 15.7 Å². The molecule has 0 aliphatic carbocycles. The largest absolute Gasteiger partial charge is 0.477 e. The molecule has 2 aromatic rings. The van der Waals surface area contributed by atoms with E-state index in [1.807, 2.05) is 0 Å². The van der Waals surface area contributed by atoms with E-state index >= 15 is 0 Å². The molecule has 1 amide bonds. The van der Waals surface area contributed by atoms with E-state index in [0.717, 1.165) is 18.0 Å². The number of rotatable bonds is 6. The number of aromatic nitrogens is 1. The maximum absolute atomic E-state index is 14.1. The van der Waals surface area contributed by atoms with Gasteiger partial charge in [0.1, 0.15) is 16.3 Å². The topological polar surface area (TPSA) is 85.4 Å². The van der Waals surface area contributed by atoms with Crippen molar-refractivity contribution in [2.75, 3.05) is 12.9 Å². The number of pyridine rings is 1. The van der Waals surface area contributed by atoms with Gasteiger partial charge in [0.2, 0.25) is 5.88 Å². The molecule has 1 heterocycles. The van der Waals surface area contributed by atoms with Crippen LogP contribution in [0.2, 0.25) is 0 Å². The Hall–Kier alpha value is -2.48. The van der Waals surface area contributed by atoms with Crippen molar-refractivity contribution in [3.63, 3.8) is 0 Å². The molecule has 26 heavy (non-hydrogen) atoms. The van der Waals surface area contributed by atoms with E-state index < -0.39 is 27.6 Å². The van der Waals surface area contributed by atoms with Gasteiger partial charge in [-0.15, -0.1) is 0 Å². The molecule has 0 bridgehead atoms. The first kappa shape index (κ1) is 19.8. The molecule has 0 aliphatic heterocycles. The maximum Gasteiger partial charge on any atom is 0.257 e. The molecule has 1 aromatic heterocycles. The Kier molecular flexibility index (Phi) is 5.97. The minimum atomic E-state index is -3.65. The SMILES string of the molecule is CCOc1nc(C)ccc1C(=O)NC(C)c1ccc(S(C)(=O)=O)c(F)c1. The summed E-state index contributed by atoms with van der Waals surface area (Å²) in [6.45, 7) is 5.62. The van der Waals surface area contributed by atoms with Crippen molar-refractivity contribution in [3.8, 4) is 5.88 Å². The number of carbonyl (C=O) groups excluding carboxylic acids is 1. The molecular formula is C18H21FN2O4S. The first-order chi connectivity index (χ1) is 12.1. The van der Waals surface area contributed by atoms with E-state index in [4.69, 9.17) is 4.74 Å². The number of hydrogen-bond donors (Lipinski definition) is 1. The highest BCUT2D eigenvalue weighted by atomic mass is 32.2. The highest BCUT2D eigenvalue weighted by molar-refractivity contribution is 7.90. The second-order valence-corrected chi connectivity index (χ2v) is 7.88. The van der Waals surface area contributed by atoms with Crippen LogP contribution in [0.25, 0.3) is 0 Å². The van der Waals surface area contributed by atoms with Crippen LogP contribution >= 0.6 is 0 Å². The average molecular weight is 380 g/mol. The van der Waals surface area contributed by atoms with Crippen LogP contribution < -0.4 is 10.1 Å². The quantitative estimate of drug-likeness (QED) is 0.833. The van der Waals surface area contributed by atoms with Crippen LogP contribution in [0, 0.1) is 12.7 Å². The van der Waals surface area contributed by atoms with Gasteiger partial charge in [-0.05, 0) is 50.6 Å². The van der Waals surface area contributed by atoms with Crippen LogP contribution in [0.5, 0.6) is 5.88 Å². The standard InChI is InChI=1S/C18H21FN2O4S/c1-5-25-18-14(8-6-11(2)20-18)17(22)21-12(3)13-7-9-16(15(19)10-13)26(4,23)24/h6-10,12H,5H2,1-4H3,(H,21,22). The summed E-state index contributed by atoms with van der Waals surface area (Å²) in [4.78, 5) is 16.4. The molecule has 0 fully saturated rings. The summed E-state index contributed by atoms with van der Waals surface area (Å²) >= 11 is 0. The van der Waals surface area contributed by atoms with Crippen LogP contribution in [-0.2, 0) is 9.84 Å². The zero-order chi connectivity index (χ0) is 19.5. The van der Waals surface area contributed by atoms with Crippen molar-refractivity contribution in [2.45, 2.75) is 31.7 Å². The summed E-state index contributed by atoms with van der Waals surface area (Å²) in [6, 6.07) is 6.55. The Morgan fingerprint density at radius 1 is 1.31 bits per heavy atom. The smallest absolute Gasteiger partial charge is 0.257 e. The third-order valence-corrected chi connectivity index (χ3v) is 4.86. The first-order valence-electron chi connectivity index (χ1n) is 8.04. The summed E-state index contributed by atoms with van der Waals surface area (Å²) in [5.74, 6) is -1.03. The molecule has 1 atom stereocenters. The van der Waals surface area contributed by atoms with Crippen LogP contribution in [0.15, 0.2) is 35.2 Å². The maximum atomic E-state index is 14.1. The minimum absolute atomic E-state index is 0.232. The number of carbonyl (C=O) groups is 1. The van der Waals surface area contributed by atoms with Crippen molar-refractivity contribution in [1.29, 1.82) is 0 Å². The Bertz CT molecular complexity index is 929.